The number of piperazine rings is 1. The normalized spacial score (nSPS) is 18.4. The SMILES string of the molecule is Cc1ccc(S(=O)(=O)N2CCN(c3cc(N4CCCC4)nc(C)n3)CC2)c(C)c1. The van der Waals surface area contributed by atoms with Crippen LogP contribution in [0.1, 0.15) is 29.8 Å². The van der Waals surface area contributed by atoms with Crippen molar-refractivity contribution in [3.63, 3.8) is 0 Å². The van der Waals surface area contributed by atoms with E-state index in [0.717, 1.165) is 41.7 Å². The second-order valence-electron chi connectivity index (χ2n) is 7.99. The van der Waals surface area contributed by atoms with Gasteiger partial charge in [-0.1, -0.05) is 17.7 Å². The quantitative estimate of drug-likeness (QED) is 0.764. The van der Waals surface area contributed by atoms with Gasteiger partial charge in [0, 0.05) is 45.3 Å². The van der Waals surface area contributed by atoms with Gasteiger partial charge in [0.15, 0.2) is 0 Å². The van der Waals surface area contributed by atoms with Gasteiger partial charge >= 0.3 is 0 Å². The minimum atomic E-state index is -3.48. The molecule has 2 aliphatic rings. The van der Waals surface area contributed by atoms with Gasteiger partial charge in [0.1, 0.15) is 17.5 Å². The minimum Gasteiger partial charge on any atom is -0.356 e. The van der Waals surface area contributed by atoms with Crippen molar-refractivity contribution in [1.82, 2.24) is 14.3 Å². The largest absolute Gasteiger partial charge is 0.356 e. The second kappa shape index (κ2) is 7.91. The Labute approximate surface area is 173 Å². The molecule has 0 unspecified atom stereocenters. The molecule has 1 aromatic heterocycles. The van der Waals surface area contributed by atoms with E-state index in [1.165, 1.54) is 12.8 Å². The molecular formula is C21H29N5O2S. The standard InChI is InChI=1S/C21H29N5O2S/c1-16-6-7-19(17(2)14-16)29(27,28)26-12-10-25(11-13-26)21-15-20(22-18(3)23-21)24-8-4-5-9-24/h6-7,14-15H,4-5,8-13H2,1-3H3. The van der Waals surface area contributed by atoms with Crippen LogP contribution >= 0.6 is 0 Å². The van der Waals surface area contributed by atoms with Gasteiger partial charge in [0.25, 0.3) is 0 Å². The summed E-state index contributed by atoms with van der Waals surface area (Å²) in [6.45, 7) is 10.00. The van der Waals surface area contributed by atoms with Crippen LogP contribution in [0.4, 0.5) is 11.6 Å². The predicted octanol–water partition coefficient (Wildman–Crippen LogP) is 2.51. The molecule has 156 valence electrons. The molecule has 0 saturated carbocycles. The molecule has 2 aromatic rings. The molecule has 0 spiro atoms. The van der Waals surface area contributed by atoms with Crippen molar-refractivity contribution < 1.29 is 8.42 Å². The Morgan fingerprint density at radius 1 is 0.793 bits per heavy atom. The molecule has 4 rings (SSSR count). The van der Waals surface area contributed by atoms with E-state index in [1.54, 1.807) is 10.4 Å². The minimum absolute atomic E-state index is 0.408. The van der Waals surface area contributed by atoms with Crippen LogP contribution in [-0.4, -0.2) is 62.0 Å². The summed E-state index contributed by atoms with van der Waals surface area (Å²) < 4.78 is 27.8. The van der Waals surface area contributed by atoms with Gasteiger partial charge in [-0.3, -0.25) is 0 Å². The topological polar surface area (TPSA) is 69.6 Å². The molecule has 2 aliphatic heterocycles. The van der Waals surface area contributed by atoms with E-state index in [2.05, 4.69) is 19.8 Å². The summed E-state index contributed by atoms with van der Waals surface area (Å²) in [5.74, 6) is 2.63. The lowest BCUT2D eigenvalue weighted by molar-refractivity contribution is 0.383. The number of anilines is 2. The zero-order valence-corrected chi connectivity index (χ0v) is 18.2. The fourth-order valence-corrected chi connectivity index (χ4v) is 5.82. The summed E-state index contributed by atoms with van der Waals surface area (Å²) in [7, 11) is -3.48. The molecule has 0 amide bonds. The molecule has 2 saturated heterocycles. The first-order valence-electron chi connectivity index (χ1n) is 10.3. The monoisotopic (exact) mass is 415 g/mol. The summed E-state index contributed by atoms with van der Waals surface area (Å²) in [6, 6.07) is 7.56. The van der Waals surface area contributed by atoms with E-state index >= 15 is 0 Å². The van der Waals surface area contributed by atoms with Crippen LogP contribution in [-0.2, 0) is 10.0 Å². The Balaban J connectivity index is 1.49. The van der Waals surface area contributed by atoms with Gasteiger partial charge in [-0.25, -0.2) is 18.4 Å². The highest BCUT2D eigenvalue weighted by molar-refractivity contribution is 7.89. The van der Waals surface area contributed by atoms with Crippen LogP contribution in [0, 0.1) is 20.8 Å². The summed E-state index contributed by atoms with van der Waals surface area (Å²) >= 11 is 0. The maximum atomic E-state index is 13.1. The summed E-state index contributed by atoms with van der Waals surface area (Å²) in [6.07, 6.45) is 2.40. The molecule has 8 heteroatoms. The van der Waals surface area contributed by atoms with Gasteiger partial charge in [0.05, 0.1) is 4.90 Å². The van der Waals surface area contributed by atoms with E-state index in [9.17, 15) is 8.42 Å². The highest BCUT2D eigenvalue weighted by atomic mass is 32.2. The molecule has 2 fully saturated rings. The van der Waals surface area contributed by atoms with Crippen molar-refractivity contribution >= 4 is 21.7 Å². The van der Waals surface area contributed by atoms with Gasteiger partial charge in [-0.15, -0.1) is 0 Å². The maximum absolute atomic E-state index is 13.1. The van der Waals surface area contributed by atoms with E-state index in [4.69, 9.17) is 0 Å². The van der Waals surface area contributed by atoms with Crippen molar-refractivity contribution in [3.8, 4) is 0 Å². The molecule has 29 heavy (non-hydrogen) atoms. The lowest BCUT2D eigenvalue weighted by Gasteiger charge is -2.35. The third-order valence-corrected chi connectivity index (χ3v) is 7.81. The third kappa shape index (κ3) is 4.09. The van der Waals surface area contributed by atoms with Crippen LogP contribution in [0.3, 0.4) is 0 Å². The van der Waals surface area contributed by atoms with Gasteiger partial charge in [-0.2, -0.15) is 4.31 Å². The first kappa shape index (κ1) is 20.1. The van der Waals surface area contributed by atoms with Crippen molar-refractivity contribution in [2.75, 3.05) is 49.1 Å². The van der Waals surface area contributed by atoms with Crippen LogP contribution in [0.2, 0.25) is 0 Å². The lowest BCUT2D eigenvalue weighted by Crippen LogP contribution is -2.49. The van der Waals surface area contributed by atoms with Crippen molar-refractivity contribution in [2.24, 2.45) is 0 Å². The highest BCUT2D eigenvalue weighted by Gasteiger charge is 2.30. The van der Waals surface area contributed by atoms with Gasteiger partial charge in [0.2, 0.25) is 10.0 Å². The summed E-state index contributed by atoms with van der Waals surface area (Å²) in [5, 5.41) is 0. The molecule has 1 aromatic carbocycles. The fraction of sp³-hybridized carbons (Fsp3) is 0.524. The first-order chi connectivity index (χ1) is 13.8. The Morgan fingerprint density at radius 3 is 1.97 bits per heavy atom. The van der Waals surface area contributed by atoms with Crippen LogP contribution in [0.25, 0.3) is 0 Å². The molecule has 0 aliphatic carbocycles. The third-order valence-electron chi connectivity index (χ3n) is 5.75. The highest BCUT2D eigenvalue weighted by Crippen LogP contribution is 2.26. The Kier molecular flexibility index (Phi) is 5.48. The molecule has 7 nitrogen and oxygen atoms in total. The molecule has 3 heterocycles. The molecule has 0 radical (unpaired) electrons. The smallest absolute Gasteiger partial charge is 0.243 e. The predicted molar refractivity (Wildman–Crippen MR) is 115 cm³/mol. The number of rotatable bonds is 4. The van der Waals surface area contributed by atoms with Crippen molar-refractivity contribution in [2.45, 2.75) is 38.5 Å². The number of aryl methyl sites for hydroxylation is 3. The van der Waals surface area contributed by atoms with E-state index in [1.807, 2.05) is 39.0 Å². The van der Waals surface area contributed by atoms with Gasteiger partial charge in [-0.05, 0) is 45.2 Å². The Bertz CT molecular complexity index is 994. The average Bonchev–Trinajstić information content (AvgIpc) is 3.22. The number of nitrogens with zero attached hydrogens (tertiary/aromatic N) is 5. The van der Waals surface area contributed by atoms with Crippen molar-refractivity contribution in [3.05, 3.63) is 41.2 Å². The number of hydrogen-bond acceptors (Lipinski definition) is 6. The van der Waals surface area contributed by atoms with Crippen LogP contribution < -0.4 is 9.80 Å². The van der Waals surface area contributed by atoms with Crippen LogP contribution in [0.15, 0.2) is 29.2 Å². The zero-order valence-electron chi connectivity index (χ0n) is 17.4. The Morgan fingerprint density at radius 2 is 1.38 bits per heavy atom. The molecule has 0 atom stereocenters. The fourth-order valence-electron chi connectivity index (χ4n) is 4.19. The van der Waals surface area contributed by atoms with E-state index < -0.39 is 10.0 Å². The summed E-state index contributed by atoms with van der Waals surface area (Å²) in [4.78, 5) is 14.1. The number of hydrogen-bond donors (Lipinski definition) is 0. The van der Waals surface area contributed by atoms with Gasteiger partial charge < -0.3 is 9.80 Å². The average molecular weight is 416 g/mol. The number of sulfonamides is 1. The lowest BCUT2D eigenvalue weighted by atomic mass is 10.2. The Hall–Kier alpha value is -2.19. The summed E-state index contributed by atoms with van der Waals surface area (Å²) in [5.41, 5.74) is 1.87. The number of benzene rings is 1. The molecular weight excluding hydrogens is 386 g/mol. The maximum Gasteiger partial charge on any atom is 0.243 e. The molecule has 0 N–H and O–H groups in total. The first-order valence-corrected chi connectivity index (χ1v) is 11.7. The molecule has 0 bridgehead atoms. The zero-order chi connectivity index (χ0) is 20.6. The number of aromatic nitrogens is 2. The van der Waals surface area contributed by atoms with E-state index in [0.29, 0.717) is 31.1 Å². The van der Waals surface area contributed by atoms with Crippen LogP contribution in [0.5, 0.6) is 0 Å². The van der Waals surface area contributed by atoms with E-state index in [-0.39, 0.29) is 0 Å². The van der Waals surface area contributed by atoms with Crippen molar-refractivity contribution in [1.29, 1.82) is 0 Å². The second-order valence-corrected chi connectivity index (χ2v) is 9.89.